The molecule has 0 atom stereocenters. The zero-order chi connectivity index (χ0) is 13.8. The maximum absolute atomic E-state index is 9.03. The van der Waals surface area contributed by atoms with Crippen molar-refractivity contribution < 1.29 is 5.11 Å². The van der Waals surface area contributed by atoms with Gasteiger partial charge in [-0.15, -0.1) is 0 Å². The largest absolute Gasteiger partial charge is 0.396 e. The molecule has 0 aromatic heterocycles. The van der Waals surface area contributed by atoms with E-state index < -0.39 is 0 Å². The smallest absolute Gasteiger partial charge is 0.104 e. The molecule has 0 saturated heterocycles. The minimum Gasteiger partial charge on any atom is -0.396 e. The highest BCUT2D eigenvalue weighted by Crippen LogP contribution is 2.34. The van der Waals surface area contributed by atoms with Crippen molar-refractivity contribution in [2.75, 3.05) is 18.1 Å². The first-order valence-electron chi connectivity index (χ1n) is 6.60. The number of hydrogen-bond acceptors (Lipinski definition) is 3. The summed E-state index contributed by atoms with van der Waals surface area (Å²) in [6.45, 7) is 1.03. The standard InChI is InChI=1S/C14H19ClN2OS/c15-12-9-10(14(16)19)5-6-13(12)17(7-2-8-18)11-3-1-4-11/h5-6,9,11,18H,1-4,7-8H2,(H2,16,19). The van der Waals surface area contributed by atoms with Gasteiger partial charge in [0.25, 0.3) is 0 Å². The Balaban J connectivity index is 2.22. The van der Waals surface area contributed by atoms with Gasteiger partial charge in [-0.25, -0.2) is 0 Å². The molecule has 1 aromatic carbocycles. The average molecular weight is 299 g/mol. The highest BCUT2D eigenvalue weighted by molar-refractivity contribution is 7.80. The first kappa shape index (κ1) is 14.6. The highest BCUT2D eigenvalue weighted by Gasteiger charge is 2.26. The van der Waals surface area contributed by atoms with Crippen molar-refractivity contribution in [1.29, 1.82) is 0 Å². The van der Waals surface area contributed by atoms with Crippen molar-refractivity contribution >= 4 is 34.5 Å². The molecule has 2 rings (SSSR count). The Hall–Kier alpha value is -0.840. The summed E-state index contributed by atoms with van der Waals surface area (Å²) in [5.74, 6) is 0. The predicted molar refractivity (Wildman–Crippen MR) is 84.0 cm³/mol. The summed E-state index contributed by atoms with van der Waals surface area (Å²) in [6, 6.07) is 6.25. The van der Waals surface area contributed by atoms with Crippen LogP contribution in [-0.4, -0.2) is 29.3 Å². The minimum absolute atomic E-state index is 0.200. The van der Waals surface area contributed by atoms with Crippen LogP contribution in [0.25, 0.3) is 0 Å². The molecule has 1 aliphatic rings. The zero-order valence-electron chi connectivity index (χ0n) is 10.8. The van der Waals surface area contributed by atoms with Crippen molar-refractivity contribution in [2.45, 2.75) is 31.7 Å². The van der Waals surface area contributed by atoms with Crippen LogP contribution >= 0.6 is 23.8 Å². The summed E-state index contributed by atoms with van der Waals surface area (Å²) >= 11 is 11.3. The molecule has 0 spiro atoms. The lowest BCUT2D eigenvalue weighted by Crippen LogP contribution is -2.41. The van der Waals surface area contributed by atoms with Crippen molar-refractivity contribution in [3.05, 3.63) is 28.8 Å². The molecular weight excluding hydrogens is 280 g/mol. The Morgan fingerprint density at radius 2 is 2.21 bits per heavy atom. The summed E-state index contributed by atoms with van der Waals surface area (Å²) in [7, 11) is 0. The molecule has 0 aliphatic heterocycles. The second kappa shape index (κ2) is 6.55. The van der Waals surface area contributed by atoms with Crippen molar-refractivity contribution in [3.63, 3.8) is 0 Å². The third-order valence-electron chi connectivity index (χ3n) is 3.61. The third kappa shape index (κ3) is 3.38. The fourth-order valence-corrected chi connectivity index (χ4v) is 2.75. The summed E-state index contributed by atoms with van der Waals surface area (Å²) in [5, 5.41) is 9.70. The lowest BCUT2D eigenvalue weighted by Gasteiger charge is -2.39. The molecule has 1 fully saturated rings. The van der Waals surface area contributed by atoms with Crippen LogP contribution in [0.2, 0.25) is 5.02 Å². The molecule has 19 heavy (non-hydrogen) atoms. The van der Waals surface area contributed by atoms with Gasteiger partial charge in [-0.05, 0) is 43.9 Å². The molecule has 0 heterocycles. The third-order valence-corrected chi connectivity index (χ3v) is 4.15. The Morgan fingerprint density at radius 1 is 1.47 bits per heavy atom. The Morgan fingerprint density at radius 3 is 2.68 bits per heavy atom. The molecule has 0 radical (unpaired) electrons. The lowest BCUT2D eigenvalue weighted by molar-refractivity contribution is 0.283. The van der Waals surface area contributed by atoms with Gasteiger partial charge >= 0.3 is 0 Å². The maximum atomic E-state index is 9.03. The van der Waals surface area contributed by atoms with Crippen molar-refractivity contribution in [2.24, 2.45) is 5.73 Å². The van der Waals surface area contributed by atoms with Gasteiger partial charge in [-0.1, -0.05) is 23.8 Å². The molecule has 1 aromatic rings. The highest BCUT2D eigenvalue weighted by atomic mass is 35.5. The Labute approximate surface area is 124 Å². The van der Waals surface area contributed by atoms with E-state index in [4.69, 9.17) is 34.7 Å². The van der Waals surface area contributed by atoms with Gasteiger partial charge in [0.15, 0.2) is 0 Å². The molecule has 0 amide bonds. The number of aliphatic hydroxyl groups is 1. The Kier molecular flexibility index (Phi) is 5.02. The normalized spacial score (nSPS) is 15.1. The Bertz CT molecular complexity index is 463. The van der Waals surface area contributed by atoms with E-state index in [0.717, 1.165) is 24.2 Å². The second-order valence-electron chi connectivity index (χ2n) is 4.89. The van der Waals surface area contributed by atoms with Gasteiger partial charge in [0.05, 0.1) is 10.7 Å². The first-order valence-corrected chi connectivity index (χ1v) is 7.39. The monoisotopic (exact) mass is 298 g/mol. The summed E-state index contributed by atoms with van der Waals surface area (Å²) in [4.78, 5) is 2.66. The summed E-state index contributed by atoms with van der Waals surface area (Å²) < 4.78 is 0. The van der Waals surface area contributed by atoms with E-state index in [-0.39, 0.29) is 6.61 Å². The number of hydrogen-bond donors (Lipinski definition) is 2. The van der Waals surface area contributed by atoms with Crippen LogP contribution in [-0.2, 0) is 0 Å². The van der Waals surface area contributed by atoms with Gasteiger partial charge < -0.3 is 15.7 Å². The number of aliphatic hydroxyl groups excluding tert-OH is 1. The van der Waals surface area contributed by atoms with E-state index in [1.54, 1.807) is 0 Å². The van der Waals surface area contributed by atoms with Crippen molar-refractivity contribution in [1.82, 2.24) is 0 Å². The van der Waals surface area contributed by atoms with Crippen LogP contribution in [0.15, 0.2) is 18.2 Å². The zero-order valence-corrected chi connectivity index (χ0v) is 12.4. The predicted octanol–water partition coefficient (Wildman–Crippen LogP) is 2.72. The van der Waals surface area contributed by atoms with E-state index in [1.165, 1.54) is 19.3 Å². The van der Waals surface area contributed by atoms with Gasteiger partial charge in [-0.3, -0.25) is 0 Å². The molecule has 1 saturated carbocycles. The number of rotatable bonds is 6. The number of benzene rings is 1. The van der Waals surface area contributed by atoms with Gasteiger partial charge in [0.1, 0.15) is 4.99 Å². The lowest BCUT2D eigenvalue weighted by atomic mass is 9.90. The van der Waals surface area contributed by atoms with Crippen molar-refractivity contribution in [3.8, 4) is 0 Å². The van der Waals surface area contributed by atoms with E-state index in [9.17, 15) is 0 Å². The van der Waals surface area contributed by atoms with Crippen LogP contribution < -0.4 is 10.6 Å². The van der Waals surface area contributed by atoms with Crippen LogP contribution in [0.5, 0.6) is 0 Å². The first-order chi connectivity index (χ1) is 9.13. The van der Waals surface area contributed by atoms with Crippen LogP contribution in [0.4, 0.5) is 5.69 Å². The molecule has 0 unspecified atom stereocenters. The topological polar surface area (TPSA) is 49.5 Å². The summed E-state index contributed by atoms with van der Waals surface area (Å²) in [5.41, 5.74) is 7.42. The molecule has 3 N–H and O–H groups in total. The van der Waals surface area contributed by atoms with E-state index >= 15 is 0 Å². The quantitative estimate of drug-likeness (QED) is 0.793. The average Bonchev–Trinajstić information content (AvgIpc) is 2.32. The van der Waals surface area contributed by atoms with Crippen LogP contribution in [0.3, 0.4) is 0 Å². The number of halogens is 1. The number of nitrogens with two attached hydrogens (primary N) is 1. The number of nitrogens with zero attached hydrogens (tertiary/aromatic N) is 1. The van der Waals surface area contributed by atoms with Gasteiger partial charge in [0, 0.05) is 24.8 Å². The fourth-order valence-electron chi connectivity index (χ4n) is 2.33. The molecule has 1 aliphatic carbocycles. The number of anilines is 1. The van der Waals surface area contributed by atoms with E-state index in [0.29, 0.717) is 16.1 Å². The molecular formula is C14H19ClN2OS. The van der Waals surface area contributed by atoms with Gasteiger partial charge in [-0.2, -0.15) is 0 Å². The summed E-state index contributed by atoms with van der Waals surface area (Å²) in [6.07, 6.45) is 4.41. The number of thiocarbonyl (C=S) groups is 1. The minimum atomic E-state index is 0.200. The maximum Gasteiger partial charge on any atom is 0.104 e. The van der Waals surface area contributed by atoms with Crippen LogP contribution in [0, 0.1) is 0 Å². The fraction of sp³-hybridized carbons (Fsp3) is 0.500. The second-order valence-corrected chi connectivity index (χ2v) is 5.73. The molecule has 104 valence electrons. The SMILES string of the molecule is NC(=S)c1ccc(N(CCCO)C2CCC2)c(Cl)c1. The van der Waals surface area contributed by atoms with Gasteiger partial charge in [0.2, 0.25) is 0 Å². The van der Waals surface area contributed by atoms with Crippen LogP contribution in [0.1, 0.15) is 31.2 Å². The molecule has 5 heteroatoms. The van der Waals surface area contributed by atoms with E-state index in [1.807, 2.05) is 18.2 Å². The van der Waals surface area contributed by atoms with E-state index in [2.05, 4.69) is 4.90 Å². The molecule has 0 bridgehead atoms. The molecule has 3 nitrogen and oxygen atoms in total.